The van der Waals surface area contributed by atoms with Gasteiger partial charge in [-0.15, -0.1) is 0 Å². The molecule has 0 aromatic heterocycles. The SMILES string of the molecule is COC[C@@H]1CCCN1/N=C/CCC1C=CC=C(OC)C1. The van der Waals surface area contributed by atoms with E-state index in [9.17, 15) is 0 Å². The van der Waals surface area contributed by atoms with Gasteiger partial charge in [0, 0.05) is 26.3 Å². The summed E-state index contributed by atoms with van der Waals surface area (Å²) in [4.78, 5) is 0. The van der Waals surface area contributed by atoms with Gasteiger partial charge in [0.15, 0.2) is 0 Å². The van der Waals surface area contributed by atoms with Gasteiger partial charge in [-0.25, -0.2) is 0 Å². The monoisotopic (exact) mass is 278 g/mol. The largest absolute Gasteiger partial charge is 0.501 e. The molecule has 0 amide bonds. The van der Waals surface area contributed by atoms with Crippen LogP contribution < -0.4 is 0 Å². The standard InChI is InChI=1S/C16H26N2O2/c1-19-13-15-8-5-11-18(15)17-10-4-7-14-6-3-9-16(12-14)20-2/h3,6,9-10,14-15H,4-5,7-8,11-13H2,1-2H3/b17-10+/t14?,15-/m0/s1. The van der Waals surface area contributed by atoms with Crippen molar-refractivity contribution in [1.82, 2.24) is 5.01 Å². The second kappa shape index (κ2) is 8.10. The summed E-state index contributed by atoms with van der Waals surface area (Å²) in [6.07, 6.45) is 14.0. The summed E-state index contributed by atoms with van der Waals surface area (Å²) in [6.45, 7) is 1.84. The highest BCUT2D eigenvalue weighted by Crippen LogP contribution is 2.23. The molecule has 0 saturated carbocycles. The molecule has 0 N–H and O–H groups in total. The molecule has 112 valence electrons. The first kappa shape index (κ1) is 15.1. The molecule has 2 rings (SSSR count). The number of nitrogens with zero attached hydrogens (tertiary/aromatic N) is 2. The first-order chi connectivity index (χ1) is 9.83. The molecule has 1 aliphatic carbocycles. The van der Waals surface area contributed by atoms with Crippen LogP contribution in [-0.2, 0) is 9.47 Å². The Morgan fingerprint density at radius 1 is 1.45 bits per heavy atom. The van der Waals surface area contributed by atoms with Crippen molar-refractivity contribution in [2.24, 2.45) is 11.0 Å². The van der Waals surface area contributed by atoms with E-state index in [2.05, 4.69) is 28.5 Å². The van der Waals surface area contributed by atoms with Gasteiger partial charge in [-0.05, 0) is 37.7 Å². The zero-order valence-corrected chi connectivity index (χ0v) is 12.6. The Bertz CT molecular complexity index is 377. The van der Waals surface area contributed by atoms with E-state index in [-0.39, 0.29) is 0 Å². The minimum absolute atomic E-state index is 0.467. The van der Waals surface area contributed by atoms with E-state index in [1.165, 1.54) is 12.8 Å². The Morgan fingerprint density at radius 2 is 2.35 bits per heavy atom. The molecule has 2 atom stereocenters. The van der Waals surface area contributed by atoms with Crippen LogP contribution in [0.25, 0.3) is 0 Å². The van der Waals surface area contributed by atoms with Gasteiger partial charge < -0.3 is 9.47 Å². The summed E-state index contributed by atoms with van der Waals surface area (Å²) in [7, 11) is 3.50. The fourth-order valence-electron chi connectivity index (χ4n) is 2.85. The molecule has 1 unspecified atom stereocenters. The maximum absolute atomic E-state index is 5.30. The van der Waals surface area contributed by atoms with Crippen LogP contribution in [0, 0.1) is 5.92 Å². The van der Waals surface area contributed by atoms with Crippen molar-refractivity contribution < 1.29 is 9.47 Å². The number of ether oxygens (including phenoxy) is 2. The minimum Gasteiger partial charge on any atom is -0.501 e. The maximum atomic E-state index is 5.30. The van der Waals surface area contributed by atoms with Crippen LogP contribution in [0.3, 0.4) is 0 Å². The predicted octanol–water partition coefficient (Wildman–Crippen LogP) is 2.97. The van der Waals surface area contributed by atoms with Gasteiger partial charge in [-0.2, -0.15) is 5.10 Å². The quantitative estimate of drug-likeness (QED) is 0.671. The average molecular weight is 278 g/mol. The highest BCUT2D eigenvalue weighted by molar-refractivity contribution is 5.56. The molecule has 0 spiro atoms. The Hall–Kier alpha value is -1.29. The molecule has 0 bridgehead atoms. The van der Waals surface area contributed by atoms with Gasteiger partial charge in [0.2, 0.25) is 0 Å². The molecule has 1 saturated heterocycles. The summed E-state index contributed by atoms with van der Waals surface area (Å²) < 4.78 is 10.5. The molecule has 2 aliphatic rings. The summed E-state index contributed by atoms with van der Waals surface area (Å²) >= 11 is 0. The number of hydrogen-bond acceptors (Lipinski definition) is 4. The Morgan fingerprint density at radius 3 is 3.15 bits per heavy atom. The van der Waals surface area contributed by atoms with Crippen molar-refractivity contribution in [2.45, 2.75) is 38.1 Å². The van der Waals surface area contributed by atoms with Crippen molar-refractivity contribution >= 4 is 6.21 Å². The van der Waals surface area contributed by atoms with Gasteiger partial charge >= 0.3 is 0 Å². The van der Waals surface area contributed by atoms with Crippen LogP contribution in [0.2, 0.25) is 0 Å². The lowest BCUT2D eigenvalue weighted by atomic mass is 9.95. The lowest BCUT2D eigenvalue weighted by Gasteiger charge is -2.20. The molecule has 0 radical (unpaired) electrons. The van der Waals surface area contributed by atoms with E-state index in [4.69, 9.17) is 9.47 Å². The van der Waals surface area contributed by atoms with Crippen molar-refractivity contribution in [3.05, 3.63) is 24.0 Å². The van der Waals surface area contributed by atoms with Crippen LogP contribution >= 0.6 is 0 Å². The smallest absolute Gasteiger partial charge is 0.0961 e. The summed E-state index contributed by atoms with van der Waals surface area (Å²) in [5.74, 6) is 1.66. The Balaban J connectivity index is 1.69. The van der Waals surface area contributed by atoms with E-state index in [0.717, 1.165) is 38.2 Å². The topological polar surface area (TPSA) is 34.1 Å². The second-order valence-electron chi connectivity index (χ2n) is 5.48. The van der Waals surface area contributed by atoms with E-state index in [1.54, 1.807) is 14.2 Å². The van der Waals surface area contributed by atoms with Gasteiger partial charge in [0.1, 0.15) is 0 Å². The van der Waals surface area contributed by atoms with Gasteiger partial charge in [-0.1, -0.05) is 12.2 Å². The molecule has 4 heteroatoms. The van der Waals surface area contributed by atoms with Crippen LogP contribution in [0.4, 0.5) is 0 Å². The zero-order valence-electron chi connectivity index (χ0n) is 12.6. The third-order valence-electron chi connectivity index (χ3n) is 3.99. The Kier molecular flexibility index (Phi) is 6.12. The normalized spacial score (nSPS) is 26.3. The van der Waals surface area contributed by atoms with Crippen molar-refractivity contribution in [1.29, 1.82) is 0 Å². The fourth-order valence-corrected chi connectivity index (χ4v) is 2.85. The third kappa shape index (κ3) is 4.37. The van der Waals surface area contributed by atoms with Gasteiger partial charge in [0.05, 0.1) is 25.5 Å². The molecule has 4 nitrogen and oxygen atoms in total. The second-order valence-corrected chi connectivity index (χ2v) is 5.48. The van der Waals surface area contributed by atoms with Crippen LogP contribution in [0.1, 0.15) is 32.1 Å². The lowest BCUT2D eigenvalue weighted by molar-refractivity contribution is 0.118. The van der Waals surface area contributed by atoms with Crippen LogP contribution in [0.15, 0.2) is 29.1 Å². The predicted molar refractivity (Wildman–Crippen MR) is 81.7 cm³/mol. The number of rotatable bonds is 7. The van der Waals surface area contributed by atoms with E-state index < -0.39 is 0 Å². The molecule has 1 fully saturated rings. The molecule has 0 aromatic carbocycles. The Labute approximate surface area is 122 Å². The summed E-state index contributed by atoms with van der Waals surface area (Å²) in [6, 6.07) is 0.467. The maximum Gasteiger partial charge on any atom is 0.0961 e. The van der Waals surface area contributed by atoms with Crippen LogP contribution in [0.5, 0.6) is 0 Å². The minimum atomic E-state index is 0.467. The molecule has 1 heterocycles. The molecule has 1 aliphatic heterocycles. The van der Waals surface area contributed by atoms with Crippen molar-refractivity contribution in [2.75, 3.05) is 27.4 Å². The molecular formula is C16H26N2O2. The average Bonchev–Trinajstić information content (AvgIpc) is 2.92. The number of hydrazone groups is 1. The van der Waals surface area contributed by atoms with E-state index in [0.29, 0.717) is 12.0 Å². The van der Waals surface area contributed by atoms with E-state index >= 15 is 0 Å². The lowest BCUT2D eigenvalue weighted by Crippen LogP contribution is -2.28. The zero-order chi connectivity index (χ0) is 14.2. The van der Waals surface area contributed by atoms with Gasteiger partial charge in [0.25, 0.3) is 0 Å². The van der Waals surface area contributed by atoms with Crippen molar-refractivity contribution in [3.63, 3.8) is 0 Å². The molecule has 20 heavy (non-hydrogen) atoms. The summed E-state index contributed by atoms with van der Waals surface area (Å²) in [5.41, 5.74) is 0. The molecular weight excluding hydrogens is 252 g/mol. The summed E-state index contributed by atoms with van der Waals surface area (Å²) in [5, 5.41) is 6.79. The highest BCUT2D eigenvalue weighted by Gasteiger charge is 2.22. The highest BCUT2D eigenvalue weighted by atomic mass is 16.5. The van der Waals surface area contributed by atoms with Gasteiger partial charge in [-0.3, -0.25) is 5.01 Å². The van der Waals surface area contributed by atoms with E-state index in [1.807, 2.05) is 6.08 Å². The number of allylic oxidation sites excluding steroid dienone is 4. The first-order valence-electron chi connectivity index (χ1n) is 7.53. The van der Waals surface area contributed by atoms with Crippen LogP contribution in [-0.4, -0.2) is 44.6 Å². The first-order valence-corrected chi connectivity index (χ1v) is 7.53. The fraction of sp³-hybridized carbons (Fsp3) is 0.688. The third-order valence-corrected chi connectivity index (χ3v) is 3.99. The molecule has 0 aromatic rings. The van der Waals surface area contributed by atoms with Crippen molar-refractivity contribution in [3.8, 4) is 0 Å². The number of hydrogen-bond donors (Lipinski definition) is 0. The number of methoxy groups -OCH3 is 2.